The van der Waals surface area contributed by atoms with Crippen molar-refractivity contribution >= 4 is 39.8 Å². The van der Waals surface area contributed by atoms with Gasteiger partial charge in [0.2, 0.25) is 5.91 Å². The van der Waals surface area contributed by atoms with E-state index in [0.29, 0.717) is 18.2 Å². The van der Waals surface area contributed by atoms with Gasteiger partial charge in [0.1, 0.15) is 17.6 Å². The van der Waals surface area contributed by atoms with E-state index in [4.69, 9.17) is 17.7 Å². The fraction of sp³-hybridized carbons (Fsp3) is 0.517. The number of nitrogens with zero attached hydrogens (tertiary/aromatic N) is 5. The first-order valence-electron chi connectivity index (χ1n) is 15.0. The van der Waals surface area contributed by atoms with Crippen LogP contribution in [0, 0.1) is 0 Å². The summed E-state index contributed by atoms with van der Waals surface area (Å²) < 4.78 is 62.6. The molecule has 1 atom stereocenters. The molecule has 2 heterocycles. The number of carbonyl (C=O) groups excluding carboxylic acids is 3. The van der Waals surface area contributed by atoms with Crippen molar-refractivity contribution in [1.82, 2.24) is 30.0 Å². The monoisotopic (exact) mass is 719 g/mol. The fourth-order valence-electron chi connectivity index (χ4n) is 4.28. The van der Waals surface area contributed by atoms with Gasteiger partial charge in [-0.2, -0.15) is 21.6 Å². The molecule has 4 N–H and O–H groups in total. The molecular formula is C29H40F3N7O9S. The summed E-state index contributed by atoms with van der Waals surface area (Å²) in [4.78, 5) is 64.3. The Kier molecular flexibility index (Phi) is 15.6. The molecule has 1 aromatic heterocycles. The first-order valence-corrected chi connectivity index (χ1v) is 16.5. The first-order chi connectivity index (χ1) is 22.9. The van der Waals surface area contributed by atoms with Crippen molar-refractivity contribution in [2.24, 2.45) is 0 Å². The third kappa shape index (κ3) is 13.8. The average Bonchev–Trinajstić information content (AvgIpc) is 3.04. The summed E-state index contributed by atoms with van der Waals surface area (Å²) in [6.45, 7) is 4.51. The first kappa shape index (κ1) is 40.6. The summed E-state index contributed by atoms with van der Waals surface area (Å²) in [6, 6.07) is 9.67. The summed E-state index contributed by atoms with van der Waals surface area (Å²) in [6.07, 6.45) is 0.00926. The molecule has 0 bridgehead atoms. The van der Waals surface area contributed by atoms with E-state index in [2.05, 4.69) is 25.5 Å². The number of benzene rings is 1. The lowest BCUT2D eigenvalue weighted by Crippen LogP contribution is -2.56. The van der Waals surface area contributed by atoms with Crippen LogP contribution >= 0.6 is 0 Å². The average molecular weight is 720 g/mol. The smallest absolute Gasteiger partial charge is 0.481 e. The zero-order chi connectivity index (χ0) is 36.8. The summed E-state index contributed by atoms with van der Waals surface area (Å²) in [7, 11) is -1.86. The highest BCUT2D eigenvalue weighted by Crippen LogP contribution is 2.21. The zero-order valence-electron chi connectivity index (χ0n) is 27.1. The van der Waals surface area contributed by atoms with Crippen LogP contribution in [0.25, 0.3) is 11.4 Å². The van der Waals surface area contributed by atoms with Crippen LogP contribution in [0.3, 0.4) is 0 Å². The summed E-state index contributed by atoms with van der Waals surface area (Å²) in [5.74, 6) is -1.30. The fourth-order valence-corrected chi connectivity index (χ4v) is 4.28. The molecule has 272 valence electrons. The van der Waals surface area contributed by atoms with Gasteiger partial charge in [-0.3, -0.25) is 18.9 Å². The van der Waals surface area contributed by atoms with Gasteiger partial charge < -0.3 is 35.2 Å². The Balaban J connectivity index is 0.000000924. The van der Waals surface area contributed by atoms with E-state index in [1.165, 1.54) is 15.9 Å². The van der Waals surface area contributed by atoms with Gasteiger partial charge in [-0.05, 0) is 40.4 Å². The Morgan fingerprint density at radius 3 is 2.16 bits per heavy atom. The second-order valence-corrected chi connectivity index (χ2v) is 12.2. The lowest BCUT2D eigenvalue weighted by atomic mass is 10.1. The highest BCUT2D eigenvalue weighted by atomic mass is 32.2. The van der Waals surface area contributed by atoms with Crippen LogP contribution in [-0.2, 0) is 24.4 Å². The van der Waals surface area contributed by atoms with Crippen LogP contribution < -0.4 is 10.6 Å². The predicted octanol–water partition coefficient (Wildman–Crippen LogP) is 2.17. The van der Waals surface area contributed by atoms with E-state index in [9.17, 15) is 37.5 Å². The second kappa shape index (κ2) is 18.8. The number of amides is 3. The normalized spacial score (nSPS) is 14.0. The number of alkyl halides is 3. The van der Waals surface area contributed by atoms with E-state index in [1.807, 2.05) is 44.4 Å². The number of rotatable bonds is 13. The Morgan fingerprint density at radius 2 is 1.63 bits per heavy atom. The highest BCUT2D eigenvalue weighted by Gasteiger charge is 2.44. The molecule has 49 heavy (non-hydrogen) atoms. The number of ether oxygens (including phenoxy) is 1. The van der Waals surface area contributed by atoms with Crippen molar-refractivity contribution in [2.45, 2.75) is 37.7 Å². The van der Waals surface area contributed by atoms with Gasteiger partial charge in [-0.1, -0.05) is 30.3 Å². The summed E-state index contributed by atoms with van der Waals surface area (Å²) >= 11 is 0. The SMILES string of the molecule is CCOC(=O)N1CCN(C(=O)[C@H](CCC(=O)O)NC(=O)c2cc(NCCCN(C)C)nc(-c3ccccc3)n2)CC1.O=S(=O)(O)C(F)(F)F. The van der Waals surface area contributed by atoms with Crippen LogP contribution in [0.2, 0.25) is 0 Å². The molecule has 1 saturated heterocycles. The van der Waals surface area contributed by atoms with Gasteiger partial charge in [0.25, 0.3) is 5.91 Å². The Hall–Kier alpha value is -4.56. The minimum Gasteiger partial charge on any atom is -0.481 e. The second-order valence-electron chi connectivity index (χ2n) is 10.8. The maximum absolute atomic E-state index is 13.4. The van der Waals surface area contributed by atoms with E-state index in [0.717, 1.165) is 18.5 Å². The van der Waals surface area contributed by atoms with Crippen molar-refractivity contribution in [3.05, 3.63) is 42.1 Å². The summed E-state index contributed by atoms with van der Waals surface area (Å²) in [5, 5.41) is 15.2. The third-order valence-corrected chi connectivity index (χ3v) is 7.32. The quantitative estimate of drug-likeness (QED) is 0.133. The maximum Gasteiger partial charge on any atom is 0.522 e. The lowest BCUT2D eigenvalue weighted by molar-refractivity contribution is -0.138. The number of hydrogen-bond donors (Lipinski definition) is 4. The maximum atomic E-state index is 13.4. The molecule has 2 aromatic rings. The van der Waals surface area contributed by atoms with Gasteiger partial charge in [-0.25, -0.2) is 14.8 Å². The van der Waals surface area contributed by atoms with E-state index in [-0.39, 0.29) is 51.3 Å². The number of carboxylic acid groups (broad SMARTS) is 1. The van der Waals surface area contributed by atoms with Crippen molar-refractivity contribution in [3.63, 3.8) is 0 Å². The molecule has 0 spiro atoms. The van der Waals surface area contributed by atoms with Crippen LogP contribution in [0.1, 0.15) is 36.7 Å². The van der Waals surface area contributed by atoms with Crippen LogP contribution in [0.15, 0.2) is 36.4 Å². The highest BCUT2D eigenvalue weighted by molar-refractivity contribution is 7.86. The van der Waals surface area contributed by atoms with Crippen LogP contribution in [0.5, 0.6) is 0 Å². The molecular weight excluding hydrogens is 679 g/mol. The Labute approximate surface area is 281 Å². The molecule has 16 nitrogen and oxygen atoms in total. The standard InChI is InChI=1S/C28H39N7O6.CHF3O3S/c1-4-41-28(40)35-17-15-34(16-18-35)27(39)21(11-12-24(36)37)31-26(38)22-19-23(29-13-8-14-33(2)3)32-25(30-22)20-9-6-5-7-10-20;2-1(3,4)8(5,6)7/h5-7,9-10,19,21H,4,8,11-18H2,1-3H3,(H,31,38)(H,36,37)(H,29,30,32);(H,5,6,7)/t21-;/m0./s1. The topological polar surface area (TPSA) is 212 Å². The van der Waals surface area contributed by atoms with E-state index < -0.39 is 45.5 Å². The number of carbonyl (C=O) groups is 4. The van der Waals surface area contributed by atoms with Crippen LogP contribution in [0.4, 0.5) is 23.8 Å². The minimum absolute atomic E-state index is 0.0502. The van der Waals surface area contributed by atoms with Crippen LogP contribution in [-0.4, -0.2) is 138 Å². The minimum atomic E-state index is -5.84. The predicted molar refractivity (Wildman–Crippen MR) is 170 cm³/mol. The molecule has 1 aliphatic rings. The van der Waals surface area contributed by atoms with Crippen molar-refractivity contribution in [1.29, 1.82) is 0 Å². The number of aliphatic carboxylic acids is 1. The van der Waals surface area contributed by atoms with Gasteiger partial charge in [0, 0.05) is 50.8 Å². The van der Waals surface area contributed by atoms with Gasteiger partial charge in [-0.15, -0.1) is 0 Å². The largest absolute Gasteiger partial charge is 0.522 e. The molecule has 1 aliphatic heterocycles. The number of carboxylic acids is 1. The van der Waals surface area contributed by atoms with E-state index in [1.54, 1.807) is 6.92 Å². The molecule has 0 radical (unpaired) electrons. The van der Waals surface area contributed by atoms with Crippen molar-refractivity contribution in [3.8, 4) is 11.4 Å². The van der Waals surface area contributed by atoms with Gasteiger partial charge in [0.05, 0.1) is 6.61 Å². The molecule has 0 aliphatic carbocycles. The van der Waals surface area contributed by atoms with Crippen molar-refractivity contribution in [2.75, 3.05) is 65.3 Å². The van der Waals surface area contributed by atoms with Gasteiger partial charge in [0.15, 0.2) is 5.82 Å². The molecule has 3 amide bonds. The zero-order valence-corrected chi connectivity index (χ0v) is 28.0. The molecule has 0 unspecified atom stereocenters. The third-order valence-electron chi connectivity index (χ3n) is 6.74. The Bertz CT molecular complexity index is 1520. The van der Waals surface area contributed by atoms with Gasteiger partial charge >= 0.3 is 27.7 Å². The lowest BCUT2D eigenvalue weighted by Gasteiger charge is -2.35. The number of anilines is 1. The number of nitrogens with one attached hydrogen (secondary N) is 2. The summed E-state index contributed by atoms with van der Waals surface area (Å²) in [5.41, 5.74) is -4.77. The molecule has 20 heteroatoms. The Morgan fingerprint density at radius 1 is 1.04 bits per heavy atom. The number of halogens is 3. The number of hydrogen-bond acceptors (Lipinski definition) is 11. The number of aromatic nitrogens is 2. The van der Waals surface area contributed by atoms with E-state index >= 15 is 0 Å². The van der Waals surface area contributed by atoms with Crippen molar-refractivity contribution < 1.29 is 55.2 Å². The molecule has 1 aromatic carbocycles. The molecule has 0 saturated carbocycles. The molecule has 3 rings (SSSR count). The molecule has 1 fully saturated rings. The number of piperazine rings is 1.